The molecule has 39 heavy (non-hydrogen) atoms. The van der Waals surface area contributed by atoms with Gasteiger partial charge in [-0.2, -0.15) is 23.3 Å². The second-order valence-corrected chi connectivity index (χ2v) is 9.78. The summed E-state index contributed by atoms with van der Waals surface area (Å²) in [5.74, 6) is -0.334. The largest absolute Gasteiger partial charge is 0.618 e. The molecule has 5 aromatic rings. The van der Waals surface area contributed by atoms with Gasteiger partial charge in [-0.3, -0.25) is 4.68 Å². The Labute approximate surface area is 228 Å². The Kier molecular flexibility index (Phi) is 6.43. The van der Waals surface area contributed by atoms with Gasteiger partial charge in [0.1, 0.15) is 18.1 Å². The maximum Gasteiger partial charge on any atom is 0.348 e. The van der Waals surface area contributed by atoms with Gasteiger partial charge in [0, 0.05) is 17.8 Å². The van der Waals surface area contributed by atoms with Crippen molar-refractivity contribution < 1.29 is 17.9 Å². The van der Waals surface area contributed by atoms with E-state index >= 15 is 4.39 Å². The van der Waals surface area contributed by atoms with Crippen LogP contribution in [0.3, 0.4) is 0 Å². The fourth-order valence-electron chi connectivity index (χ4n) is 4.41. The third-order valence-electron chi connectivity index (χ3n) is 6.45. The summed E-state index contributed by atoms with van der Waals surface area (Å²) in [5, 5.41) is 35.7. The summed E-state index contributed by atoms with van der Waals surface area (Å²) in [7, 11) is 0. The van der Waals surface area contributed by atoms with Gasteiger partial charge >= 0.3 is 6.55 Å². The molecule has 1 atom stereocenters. The Bertz CT molecular complexity index is 1650. The summed E-state index contributed by atoms with van der Waals surface area (Å²) in [6.07, 6.45) is 8.21. The number of halogens is 5. The lowest BCUT2D eigenvalue weighted by atomic mass is 10.0. The van der Waals surface area contributed by atoms with Crippen molar-refractivity contribution in [2.24, 2.45) is 5.92 Å². The zero-order chi connectivity index (χ0) is 27.3. The topological polar surface area (TPSA) is 119 Å². The van der Waals surface area contributed by atoms with E-state index in [4.69, 9.17) is 23.2 Å². The first-order valence-corrected chi connectivity index (χ1v) is 12.5. The second-order valence-electron chi connectivity index (χ2n) is 9.02. The fourth-order valence-corrected chi connectivity index (χ4v) is 4.79. The predicted molar refractivity (Wildman–Crippen MR) is 132 cm³/mol. The second kappa shape index (κ2) is 9.93. The molecule has 0 N–H and O–H groups in total. The Morgan fingerprint density at radius 3 is 2.59 bits per heavy atom. The van der Waals surface area contributed by atoms with Crippen LogP contribution >= 0.6 is 23.2 Å². The van der Waals surface area contributed by atoms with E-state index in [0.717, 1.165) is 12.8 Å². The average molecular weight is 577 g/mol. The van der Waals surface area contributed by atoms with Crippen LogP contribution in [0.5, 0.6) is 0 Å². The standard InChI is InChI=1S/C23H17Cl2F3N10O/c24-15-4-6-17(36-11-29-33-34-36)19(20(15)26)13-3-5-16(37(39)10-13)18(7-12-1-2-12)35-9-14(8-30-35)21-22(25)32-38(31-21)23(27)28/h3-6,8-12,18,23H,1-2,7H2/t18-/m0/s1. The van der Waals surface area contributed by atoms with Gasteiger partial charge in [0.05, 0.1) is 28.0 Å². The number of hydrogen-bond donors (Lipinski definition) is 0. The summed E-state index contributed by atoms with van der Waals surface area (Å²) in [5.41, 5.74) is 1.40. The monoisotopic (exact) mass is 576 g/mol. The smallest absolute Gasteiger partial charge is 0.348 e. The lowest BCUT2D eigenvalue weighted by Crippen LogP contribution is -2.35. The maximum absolute atomic E-state index is 15.2. The van der Waals surface area contributed by atoms with E-state index < -0.39 is 18.4 Å². The molecular weight excluding hydrogens is 560 g/mol. The summed E-state index contributed by atoms with van der Waals surface area (Å²) < 4.78 is 44.7. The number of rotatable bonds is 8. The molecule has 11 nitrogen and oxygen atoms in total. The normalized spacial score (nSPS) is 14.3. The van der Waals surface area contributed by atoms with E-state index in [9.17, 15) is 14.0 Å². The van der Waals surface area contributed by atoms with Crippen molar-refractivity contribution in [3.8, 4) is 28.1 Å². The first-order valence-electron chi connectivity index (χ1n) is 11.7. The Hall–Kier alpha value is -4.04. The molecule has 0 aliphatic heterocycles. The first kappa shape index (κ1) is 25.2. The number of nitrogens with zero attached hydrogens (tertiary/aromatic N) is 10. The minimum absolute atomic E-state index is 0.0466. The average Bonchev–Trinajstić information content (AvgIpc) is 3.28. The van der Waals surface area contributed by atoms with Gasteiger partial charge < -0.3 is 5.21 Å². The molecule has 0 unspecified atom stereocenters. The third kappa shape index (κ3) is 4.81. The van der Waals surface area contributed by atoms with Crippen LogP contribution in [0.1, 0.15) is 37.5 Å². The van der Waals surface area contributed by atoms with Crippen LogP contribution in [0.15, 0.2) is 49.2 Å². The molecule has 1 fully saturated rings. The van der Waals surface area contributed by atoms with Crippen molar-refractivity contribution in [3.05, 3.63) is 76.1 Å². The molecule has 0 spiro atoms. The molecule has 1 saturated carbocycles. The molecule has 4 aromatic heterocycles. The van der Waals surface area contributed by atoms with Crippen LogP contribution in [-0.4, -0.2) is 45.0 Å². The Balaban J connectivity index is 1.39. The van der Waals surface area contributed by atoms with Crippen molar-refractivity contribution >= 4 is 23.2 Å². The van der Waals surface area contributed by atoms with Crippen LogP contribution in [0.2, 0.25) is 10.2 Å². The van der Waals surface area contributed by atoms with Crippen LogP contribution < -0.4 is 4.73 Å². The van der Waals surface area contributed by atoms with Gasteiger partial charge in [0.2, 0.25) is 5.69 Å². The summed E-state index contributed by atoms with van der Waals surface area (Å²) in [6, 6.07) is 5.65. The molecule has 6 rings (SSSR count). The number of pyridine rings is 1. The first-order chi connectivity index (χ1) is 18.8. The quantitative estimate of drug-likeness (QED) is 0.195. The van der Waals surface area contributed by atoms with Crippen LogP contribution in [0.25, 0.3) is 28.1 Å². The van der Waals surface area contributed by atoms with E-state index in [1.54, 1.807) is 29.1 Å². The van der Waals surface area contributed by atoms with E-state index in [2.05, 4.69) is 30.8 Å². The molecule has 1 aromatic carbocycles. The number of aromatic nitrogens is 10. The zero-order valence-electron chi connectivity index (χ0n) is 19.7. The van der Waals surface area contributed by atoms with E-state index in [-0.39, 0.29) is 31.8 Å². The maximum atomic E-state index is 15.2. The molecule has 4 heterocycles. The Morgan fingerprint density at radius 2 is 1.92 bits per heavy atom. The van der Waals surface area contributed by atoms with E-state index in [1.807, 2.05) is 0 Å². The molecule has 0 amide bonds. The van der Waals surface area contributed by atoms with Crippen LogP contribution in [0.4, 0.5) is 13.2 Å². The highest BCUT2D eigenvalue weighted by molar-refractivity contribution is 6.31. The summed E-state index contributed by atoms with van der Waals surface area (Å²) in [4.78, 5) is 0.222. The molecular formula is C23H17Cl2F3N10O. The van der Waals surface area contributed by atoms with Crippen molar-refractivity contribution in [1.29, 1.82) is 0 Å². The van der Waals surface area contributed by atoms with Crippen LogP contribution in [0, 0.1) is 16.9 Å². The molecule has 0 radical (unpaired) electrons. The molecule has 0 bridgehead atoms. The van der Waals surface area contributed by atoms with Crippen molar-refractivity contribution in [2.75, 3.05) is 0 Å². The lowest BCUT2D eigenvalue weighted by Gasteiger charge is -2.18. The van der Waals surface area contributed by atoms with Gasteiger partial charge in [0.15, 0.2) is 17.2 Å². The summed E-state index contributed by atoms with van der Waals surface area (Å²) in [6.45, 7) is -2.95. The molecule has 1 aliphatic rings. The lowest BCUT2D eigenvalue weighted by molar-refractivity contribution is -0.615. The number of hydrogen-bond acceptors (Lipinski definition) is 7. The molecule has 16 heteroatoms. The highest BCUT2D eigenvalue weighted by atomic mass is 35.5. The van der Waals surface area contributed by atoms with Gasteiger partial charge in [-0.1, -0.05) is 36.0 Å². The van der Waals surface area contributed by atoms with E-state index in [0.29, 0.717) is 34.0 Å². The molecule has 200 valence electrons. The molecule has 0 saturated heterocycles. The van der Waals surface area contributed by atoms with Gasteiger partial charge in [-0.25, -0.2) is 4.39 Å². The highest BCUT2D eigenvalue weighted by Gasteiger charge is 2.33. The highest BCUT2D eigenvalue weighted by Crippen LogP contribution is 2.40. The minimum atomic E-state index is -2.95. The predicted octanol–water partition coefficient (Wildman–Crippen LogP) is 4.65. The van der Waals surface area contributed by atoms with E-state index in [1.165, 1.54) is 29.5 Å². The zero-order valence-corrected chi connectivity index (χ0v) is 21.3. The third-order valence-corrected chi connectivity index (χ3v) is 7.00. The minimum Gasteiger partial charge on any atom is -0.618 e. The number of benzene rings is 1. The fraction of sp³-hybridized carbons (Fsp3) is 0.261. The Morgan fingerprint density at radius 1 is 1.10 bits per heavy atom. The number of tetrazole rings is 1. The number of alkyl halides is 2. The van der Waals surface area contributed by atoms with Crippen molar-refractivity contribution in [3.63, 3.8) is 0 Å². The van der Waals surface area contributed by atoms with Gasteiger partial charge in [-0.15, -0.1) is 20.1 Å². The summed E-state index contributed by atoms with van der Waals surface area (Å²) >= 11 is 12.1. The van der Waals surface area contributed by atoms with Crippen LogP contribution in [-0.2, 0) is 0 Å². The van der Waals surface area contributed by atoms with Crippen molar-refractivity contribution in [2.45, 2.75) is 31.9 Å². The van der Waals surface area contributed by atoms with Crippen molar-refractivity contribution in [1.82, 2.24) is 45.0 Å². The van der Waals surface area contributed by atoms with Gasteiger partial charge in [-0.05, 0) is 41.0 Å². The SMILES string of the molecule is [O-][n+]1cc(-c2c(-n3cnnn3)ccc(Cl)c2F)ccc1[C@H](CC1CC1)n1cc(-c2nn(C(F)F)nc2Cl)cn1. The molecule has 1 aliphatic carbocycles. The van der Waals surface area contributed by atoms with Gasteiger partial charge in [0.25, 0.3) is 0 Å².